The van der Waals surface area contributed by atoms with Crippen molar-refractivity contribution in [3.63, 3.8) is 0 Å². The van der Waals surface area contributed by atoms with Gasteiger partial charge in [-0.15, -0.1) is 0 Å². The summed E-state index contributed by atoms with van der Waals surface area (Å²) >= 11 is 0. The predicted octanol–water partition coefficient (Wildman–Crippen LogP) is 0.612. The highest BCUT2D eigenvalue weighted by Gasteiger charge is 2.25. The van der Waals surface area contributed by atoms with Crippen LogP contribution in [0.3, 0.4) is 0 Å². The maximum absolute atomic E-state index is 11.3. The summed E-state index contributed by atoms with van der Waals surface area (Å²) in [7, 11) is 0. The highest BCUT2D eigenvalue weighted by molar-refractivity contribution is 6.28. The van der Waals surface area contributed by atoms with Crippen molar-refractivity contribution < 1.29 is 14.3 Å². The van der Waals surface area contributed by atoms with Gasteiger partial charge in [-0.1, -0.05) is 24.3 Å². The molecule has 0 aliphatic carbocycles. The lowest BCUT2D eigenvalue weighted by atomic mass is 10.0. The summed E-state index contributed by atoms with van der Waals surface area (Å²) in [5.74, 6) is -1.23. The molecule has 0 saturated carbocycles. The number of ether oxygens (including phenoxy) is 1. The Morgan fingerprint density at radius 3 is 2.53 bits per heavy atom. The standard InChI is InChI=1S/C11H9NO3/c12-6-7-3-1-2-4-8(7)9-5-10(13)15-11(9)14/h1-5H,6,12H2. The molecule has 0 saturated heterocycles. The van der Waals surface area contributed by atoms with Gasteiger partial charge >= 0.3 is 11.9 Å². The number of carbonyl (C=O) groups is 2. The molecule has 0 atom stereocenters. The molecule has 4 heteroatoms. The zero-order valence-electron chi connectivity index (χ0n) is 7.90. The largest absolute Gasteiger partial charge is 0.386 e. The van der Waals surface area contributed by atoms with Gasteiger partial charge in [-0.3, -0.25) is 0 Å². The second kappa shape index (κ2) is 3.67. The summed E-state index contributed by atoms with van der Waals surface area (Å²) in [6, 6.07) is 7.17. The van der Waals surface area contributed by atoms with E-state index in [0.717, 1.165) is 5.56 Å². The monoisotopic (exact) mass is 203 g/mol. The van der Waals surface area contributed by atoms with Crippen molar-refractivity contribution in [1.29, 1.82) is 0 Å². The number of hydrogen-bond donors (Lipinski definition) is 1. The van der Waals surface area contributed by atoms with Gasteiger partial charge in [0, 0.05) is 12.6 Å². The van der Waals surface area contributed by atoms with E-state index in [1.54, 1.807) is 12.1 Å². The second-order valence-corrected chi connectivity index (χ2v) is 3.13. The predicted molar refractivity (Wildman–Crippen MR) is 53.4 cm³/mol. The van der Waals surface area contributed by atoms with Crippen LogP contribution >= 0.6 is 0 Å². The summed E-state index contributed by atoms with van der Waals surface area (Å²) in [6.07, 6.45) is 1.19. The molecule has 2 N–H and O–H groups in total. The minimum Gasteiger partial charge on any atom is -0.386 e. The number of hydrogen-bond acceptors (Lipinski definition) is 4. The molecule has 0 fully saturated rings. The maximum Gasteiger partial charge on any atom is 0.346 e. The Hall–Kier alpha value is -1.94. The fourth-order valence-electron chi connectivity index (χ4n) is 1.50. The van der Waals surface area contributed by atoms with Crippen LogP contribution in [-0.2, 0) is 20.9 Å². The topological polar surface area (TPSA) is 69.4 Å². The third kappa shape index (κ3) is 1.67. The van der Waals surface area contributed by atoms with Gasteiger partial charge in [-0.2, -0.15) is 0 Å². The Balaban J connectivity index is 2.50. The van der Waals surface area contributed by atoms with Crippen LogP contribution in [0.4, 0.5) is 0 Å². The summed E-state index contributed by atoms with van der Waals surface area (Å²) in [4.78, 5) is 22.2. The number of cyclic esters (lactones) is 2. The molecule has 76 valence electrons. The summed E-state index contributed by atoms with van der Waals surface area (Å²) in [5.41, 5.74) is 7.29. The van der Waals surface area contributed by atoms with Gasteiger partial charge in [-0.05, 0) is 11.1 Å². The average Bonchev–Trinajstić information content (AvgIpc) is 2.57. The molecule has 0 unspecified atom stereocenters. The van der Waals surface area contributed by atoms with Crippen molar-refractivity contribution >= 4 is 17.5 Å². The van der Waals surface area contributed by atoms with Crippen molar-refractivity contribution in [2.24, 2.45) is 5.73 Å². The summed E-state index contributed by atoms with van der Waals surface area (Å²) in [6.45, 7) is 0.314. The number of esters is 2. The molecule has 0 bridgehead atoms. The first-order valence-electron chi connectivity index (χ1n) is 4.48. The van der Waals surface area contributed by atoms with E-state index in [-0.39, 0.29) is 5.57 Å². The molecule has 0 spiro atoms. The Morgan fingerprint density at radius 2 is 1.93 bits per heavy atom. The lowest BCUT2D eigenvalue weighted by molar-refractivity contribution is -0.149. The molecule has 1 heterocycles. The molecule has 1 aliphatic rings. The van der Waals surface area contributed by atoms with Gasteiger partial charge in [0.25, 0.3) is 0 Å². The Labute approximate surface area is 86.3 Å². The van der Waals surface area contributed by atoms with Crippen LogP contribution < -0.4 is 5.73 Å². The van der Waals surface area contributed by atoms with E-state index >= 15 is 0 Å². The van der Waals surface area contributed by atoms with E-state index in [1.807, 2.05) is 12.1 Å². The smallest absolute Gasteiger partial charge is 0.346 e. The minimum absolute atomic E-state index is 0.279. The second-order valence-electron chi connectivity index (χ2n) is 3.13. The van der Waals surface area contributed by atoms with E-state index in [0.29, 0.717) is 12.1 Å². The van der Waals surface area contributed by atoms with E-state index in [4.69, 9.17) is 5.73 Å². The molecule has 15 heavy (non-hydrogen) atoms. The van der Waals surface area contributed by atoms with Crippen LogP contribution in [0.25, 0.3) is 5.57 Å². The van der Waals surface area contributed by atoms with Gasteiger partial charge < -0.3 is 10.5 Å². The SMILES string of the molecule is NCc1ccccc1C1=CC(=O)OC1=O. The van der Waals surface area contributed by atoms with E-state index in [1.165, 1.54) is 6.08 Å². The van der Waals surface area contributed by atoms with Gasteiger partial charge in [0.05, 0.1) is 5.57 Å². The van der Waals surface area contributed by atoms with Crippen LogP contribution in [0.1, 0.15) is 11.1 Å². The van der Waals surface area contributed by atoms with Gasteiger partial charge in [0.15, 0.2) is 0 Å². The molecule has 0 amide bonds. The molecular weight excluding hydrogens is 194 g/mol. The lowest BCUT2D eigenvalue weighted by Gasteiger charge is -2.05. The lowest BCUT2D eigenvalue weighted by Crippen LogP contribution is -2.05. The summed E-state index contributed by atoms with van der Waals surface area (Å²) < 4.78 is 4.42. The van der Waals surface area contributed by atoms with E-state index < -0.39 is 11.9 Å². The van der Waals surface area contributed by atoms with Crippen LogP contribution in [0.15, 0.2) is 30.3 Å². The van der Waals surface area contributed by atoms with Crippen molar-refractivity contribution in [2.75, 3.05) is 0 Å². The molecule has 0 aromatic heterocycles. The van der Waals surface area contributed by atoms with Crippen molar-refractivity contribution in [1.82, 2.24) is 0 Å². The zero-order chi connectivity index (χ0) is 10.8. The number of nitrogens with two attached hydrogens (primary N) is 1. The van der Waals surface area contributed by atoms with Gasteiger partial charge in [0.1, 0.15) is 0 Å². The number of benzene rings is 1. The fraction of sp³-hybridized carbons (Fsp3) is 0.0909. The molecule has 4 nitrogen and oxygen atoms in total. The third-order valence-electron chi connectivity index (χ3n) is 2.20. The van der Waals surface area contributed by atoms with E-state index in [9.17, 15) is 9.59 Å². The van der Waals surface area contributed by atoms with Crippen molar-refractivity contribution in [3.8, 4) is 0 Å². The van der Waals surface area contributed by atoms with Crippen molar-refractivity contribution in [2.45, 2.75) is 6.54 Å². The Bertz CT molecular complexity index is 463. The zero-order valence-corrected chi connectivity index (χ0v) is 7.90. The first-order valence-corrected chi connectivity index (χ1v) is 4.48. The minimum atomic E-state index is -0.623. The number of carbonyl (C=O) groups excluding carboxylic acids is 2. The third-order valence-corrected chi connectivity index (χ3v) is 2.20. The molecule has 1 aliphatic heterocycles. The van der Waals surface area contributed by atoms with Crippen LogP contribution in [0, 0.1) is 0 Å². The Kier molecular flexibility index (Phi) is 2.35. The average molecular weight is 203 g/mol. The highest BCUT2D eigenvalue weighted by atomic mass is 16.6. The first-order chi connectivity index (χ1) is 7.22. The normalized spacial score (nSPS) is 15.1. The maximum atomic E-state index is 11.3. The van der Waals surface area contributed by atoms with Crippen molar-refractivity contribution in [3.05, 3.63) is 41.5 Å². The van der Waals surface area contributed by atoms with Crippen LogP contribution in [0.2, 0.25) is 0 Å². The number of rotatable bonds is 2. The highest BCUT2D eigenvalue weighted by Crippen LogP contribution is 2.24. The van der Waals surface area contributed by atoms with Gasteiger partial charge in [0.2, 0.25) is 0 Å². The van der Waals surface area contributed by atoms with Crippen LogP contribution in [-0.4, -0.2) is 11.9 Å². The fourth-order valence-corrected chi connectivity index (χ4v) is 1.50. The molecular formula is C11H9NO3. The van der Waals surface area contributed by atoms with E-state index in [2.05, 4.69) is 4.74 Å². The molecule has 1 aromatic carbocycles. The van der Waals surface area contributed by atoms with Gasteiger partial charge in [-0.25, -0.2) is 9.59 Å². The Morgan fingerprint density at radius 1 is 1.20 bits per heavy atom. The molecule has 0 radical (unpaired) electrons. The first kappa shape index (κ1) is 9.61. The molecule has 1 aromatic rings. The summed E-state index contributed by atoms with van der Waals surface area (Å²) in [5, 5.41) is 0. The molecule has 2 rings (SSSR count). The van der Waals surface area contributed by atoms with Crippen LogP contribution in [0.5, 0.6) is 0 Å². The quantitative estimate of drug-likeness (QED) is 0.564.